The molecule has 0 radical (unpaired) electrons. The minimum absolute atomic E-state index is 0.495. The van der Waals surface area contributed by atoms with Crippen molar-refractivity contribution < 1.29 is 0 Å². The van der Waals surface area contributed by atoms with Crippen LogP contribution in [0.4, 0.5) is 0 Å². The van der Waals surface area contributed by atoms with E-state index >= 15 is 0 Å². The van der Waals surface area contributed by atoms with E-state index in [4.69, 9.17) is 0 Å². The molecule has 4 aliphatic rings. The molecular weight excluding hydrogens is 372 g/mol. The zero-order chi connectivity index (χ0) is 22.8. The lowest BCUT2D eigenvalue weighted by Crippen LogP contribution is -2.44. The average Bonchev–Trinajstić information content (AvgIpc) is 3.07. The van der Waals surface area contributed by atoms with Crippen LogP contribution >= 0.6 is 0 Å². The molecule has 0 amide bonds. The van der Waals surface area contributed by atoms with Crippen molar-refractivity contribution in [3.05, 3.63) is 11.1 Å². The van der Waals surface area contributed by atoms with Gasteiger partial charge >= 0.3 is 0 Å². The minimum atomic E-state index is 0.495. The van der Waals surface area contributed by atoms with Crippen LogP contribution in [0.3, 0.4) is 0 Å². The van der Waals surface area contributed by atoms with Gasteiger partial charge in [0.15, 0.2) is 0 Å². The van der Waals surface area contributed by atoms with Gasteiger partial charge in [-0.3, -0.25) is 0 Å². The molecule has 0 heterocycles. The molecule has 6 unspecified atom stereocenters. The van der Waals surface area contributed by atoms with Gasteiger partial charge in [0, 0.05) is 0 Å². The predicted octanol–water partition coefficient (Wildman–Crippen LogP) is 10.2. The summed E-state index contributed by atoms with van der Waals surface area (Å²) in [6, 6.07) is 0. The molecule has 0 N–H and O–H groups in total. The molecule has 6 atom stereocenters. The summed E-state index contributed by atoms with van der Waals surface area (Å²) in [6.45, 7) is 18.9. The Bertz CT molecular complexity index is 602. The fraction of sp³-hybridized carbons (Fsp3) is 0.935. The third-order valence-corrected chi connectivity index (χ3v) is 10.4. The second-order valence-corrected chi connectivity index (χ2v) is 13.3. The molecule has 0 bridgehead atoms. The van der Waals surface area contributed by atoms with Gasteiger partial charge in [-0.25, -0.2) is 0 Å². The number of allylic oxidation sites excluding steroid dienone is 2. The lowest BCUT2D eigenvalue weighted by atomic mass is 9.52. The Labute approximate surface area is 196 Å². The quantitative estimate of drug-likeness (QED) is 0.302. The van der Waals surface area contributed by atoms with Crippen LogP contribution in [0.5, 0.6) is 0 Å². The molecule has 0 spiro atoms. The van der Waals surface area contributed by atoms with Crippen LogP contribution in [0.15, 0.2) is 11.1 Å². The van der Waals surface area contributed by atoms with Gasteiger partial charge in [-0.05, 0) is 111 Å². The van der Waals surface area contributed by atoms with E-state index in [1.54, 1.807) is 12.8 Å². The predicted molar refractivity (Wildman–Crippen MR) is 138 cm³/mol. The van der Waals surface area contributed by atoms with Crippen molar-refractivity contribution in [1.82, 2.24) is 0 Å². The monoisotopic (exact) mass is 428 g/mol. The highest BCUT2D eigenvalue weighted by Gasteiger charge is 2.54. The molecule has 0 heteroatoms. The second kappa shape index (κ2) is 10.3. The number of hydrogen-bond donors (Lipinski definition) is 0. The molecule has 0 nitrogen and oxygen atoms in total. The van der Waals surface area contributed by atoms with Gasteiger partial charge in [0.2, 0.25) is 0 Å². The highest BCUT2D eigenvalue weighted by molar-refractivity contribution is 5.27. The number of fused-ring (bicyclic) bond motifs is 4. The van der Waals surface area contributed by atoms with Gasteiger partial charge in [0.1, 0.15) is 0 Å². The van der Waals surface area contributed by atoms with E-state index < -0.39 is 0 Å². The van der Waals surface area contributed by atoms with Crippen LogP contribution in [0, 0.1) is 46.3 Å². The van der Waals surface area contributed by atoms with Crippen LogP contribution in [0.2, 0.25) is 0 Å². The van der Waals surface area contributed by atoms with E-state index in [1.807, 2.05) is 25.0 Å². The van der Waals surface area contributed by atoms with Crippen LogP contribution in [-0.2, 0) is 0 Å². The SMILES string of the molecule is CC.CC(C)CCCCC1CCC2C3CCC4=C(CCC(C(C)(C)C)C4)C3CCC12C. The third kappa shape index (κ3) is 5.30. The molecule has 0 saturated heterocycles. The van der Waals surface area contributed by atoms with Gasteiger partial charge in [0.05, 0.1) is 0 Å². The van der Waals surface area contributed by atoms with Crippen molar-refractivity contribution in [3.63, 3.8) is 0 Å². The van der Waals surface area contributed by atoms with Crippen molar-refractivity contribution >= 4 is 0 Å². The normalized spacial score (nSPS) is 37.6. The number of rotatable bonds is 5. The van der Waals surface area contributed by atoms with Gasteiger partial charge in [-0.1, -0.05) is 85.8 Å². The summed E-state index contributed by atoms with van der Waals surface area (Å²) in [5.41, 5.74) is 5.10. The zero-order valence-electron chi connectivity index (χ0n) is 22.7. The molecule has 2 fully saturated rings. The van der Waals surface area contributed by atoms with Crippen LogP contribution in [0.1, 0.15) is 139 Å². The molecular formula is C31H56. The van der Waals surface area contributed by atoms with Gasteiger partial charge < -0.3 is 0 Å². The Morgan fingerprint density at radius 1 is 0.935 bits per heavy atom. The van der Waals surface area contributed by atoms with Crippen molar-refractivity contribution in [2.24, 2.45) is 46.3 Å². The van der Waals surface area contributed by atoms with E-state index in [0.29, 0.717) is 10.8 Å². The highest BCUT2D eigenvalue weighted by Crippen LogP contribution is 2.64. The van der Waals surface area contributed by atoms with Crippen LogP contribution in [0.25, 0.3) is 0 Å². The Kier molecular flexibility index (Phi) is 8.46. The number of hydrogen-bond acceptors (Lipinski definition) is 0. The maximum Gasteiger partial charge on any atom is -0.0169 e. The Balaban J connectivity index is 0.00000132. The summed E-state index contributed by atoms with van der Waals surface area (Å²) in [5, 5.41) is 0. The summed E-state index contributed by atoms with van der Waals surface area (Å²) in [5.74, 6) is 5.92. The maximum atomic E-state index is 2.73. The lowest BCUT2D eigenvalue weighted by molar-refractivity contribution is 0.00855. The van der Waals surface area contributed by atoms with E-state index in [2.05, 4.69) is 41.5 Å². The molecule has 4 aliphatic carbocycles. The Morgan fingerprint density at radius 2 is 1.68 bits per heavy atom. The third-order valence-electron chi connectivity index (χ3n) is 10.4. The van der Waals surface area contributed by atoms with E-state index in [-0.39, 0.29) is 0 Å². The summed E-state index contributed by atoms with van der Waals surface area (Å²) in [4.78, 5) is 0. The topological polar surface area (TPSA) is 0 Å². The lowest BCUT2D eigenvalue weighted by Gasteiger charge is -2.53. The minimum Gasteiger partial charge on any atom is -0.0704 e. The molecule has 2 saturated carbocycles. The molecule has 0 aromatic carbocycles. The summed E-state index contributed by atoms with van der Waals surface area (Å²) >= 11 is 0. The van der Waals surface area contributed by atoms with Crippen molar-refractivity contribution in [2.75, 3.05) is 0 Å². The first kappa shape index (κ1) is 25.4. The first-order valence-electron chi connectivity index (χ1n) is 14.4. The van der Waals surface area contributed by atoms with Crippen molar-refractivity contribution in [1.29, 1.82) is 0 Å². The van der Waals surface area contributed by atoms with Gasteiger partial charge in [0.25, 0.3) is 0 Å². The fourth-order valence-electron chi connectivity index (χ4n) is 8.48. The summed E-state index contributed by atoms with van der Waals surface area (Å²) in [6.07, 6.45) is 19.4. The van der Waals surface area contributed by atoms with Crippen LogP contribution in [-0.4, -0.2) is 0 Å². The second-order valence-electron chi connectivity index (χ2n) is 13.3. The smallest absolute Gasteiger partial charge is 0.0169 e. The maximum absolute atomic E-state index is 2.73. The molecule has 0 aliphatic heterocycles. The molecule has 0 aromatic heterocycles. The Hall–Kier alpha value is -0.260. The van der Waals surface area contributed by atoms with Crippen LogP contribution < -0.4 is 0 Å². The largest absolute Gasteiger partial charge is 0.0704 e. The standard InChI is InChI=1S/C29H50.C2H6/c1-20(2)9-7-8-10-22-13-16-27-26-14-11-21-19-23(28(3,4)5)12-15-24(21)25(26)17-18-29(22,27)6;1-2/h20,22-23,25-27H,7-19H2,1-6H3;1-2H3. The van der Waals surface area contributed by atoms with Crippen molar-refractivity contribution in [2.45, 2.75) is 139 Å². The first-order valence-corrected chi connectivity index (χ1v) is 14.4. The molecule has 0 aromatic rings. The van der Waals surface area contributed by atoms with Crippen molar-refractivity contribution in [3.8, 4) is 0 Å². The fourth-order valence-corrected chi connectivity index (χ4v) is 8.48. The molecule has 180 valence electrons. The zero-order valence-corrected chi connectivity index (χ0v) is 22.7. The molecule has 4 rings (SSSR count). The molecule has 31 heavy (non-hydrogen) atoms. The number of unbranched alkanes of at least 4 members (excludes halogenated alkanes) is 1. The van der Waals surface area contributed by atoms with Gasteiger partial charge in [-0.2, -0.15) is 0 Å². The summed E-state index contributed by atoms with van der Waals surface area (Å²) in [7, 11) is 0. The Morgan fingerprint density at radius 3 is 2.35 bits per heavy atom. The van der Waals surface area contributed by atoms with Gasteiger partial charge in [-0.15, -0.1) is 0 Å². The first-order chi connectivity index (χ1) is 14.7. The average molecular weight is 429 g/mol. The van der Waals surface area contributed by atoms with E-state index in [9.17, 15) is 0 Å². The van der Waals surface area contributed by atoms with E-state index in [1.165, 1.54) is 70.6 Å². The van der Waals surface area contributed by atoms with E-state index in [0.717, 1.165) is 35.5 Å². The summed E-state index contributed by atoms with van der Waals surface area (Å²) < 4.78 is 0. The highest BCUT2D eigenvalue weighted by atomic mass is 14.6.